The minimum atomic E-state index is 0.430. The molecule has 1 aliphatic heterocycles. The summed E-state index contributed by atoms with van der Waals surface area (Å²) in [5, 5.41) is 0. The maximum absolute atomic E-state index is 4.10. The van der Waals surface area contributed by atoms with Gasteiger partial charge in [-0.25, -0.2) is 4.72 Å². The zero-order valence-electron chi connectivity index (χ0n) is 7.82. The highest BCUT2D eigenvalue weighted by atomic mass is 32.2. The quantitative estimate of drug-likeness (QED) is 0.692. The van der Waals surface area contributed by atoms with Crippen molar-refractivity contribution in [3.63, 3.8) is 0 Å². The molecule has 1 aliphatic rings. The SMILES string of the molecule is CCC1NSc2cnccc2N1C. The van der Waals surface area contributed by atoms with Gasteiger partial charge in [0.25, 0.3) is 0 Å². The first-order chi connectivity index (χ1) is 6.33. The van der Waals surface area contributed by atoms with E-state index in [2.05, 4.69) is 34.6 Å². The van der Waals surface area contributed by atoms with Crippen molar-refractivity contribution in [1.82, 2.24) is 9.71 Å². The summed E-state index contributed by atoms with van der Waals surface area (Å²) in [7, 11) is 2.11. The van der Waals surface area contributed by atoms with Crippen molar-refractivity contribution in [3.05, 3.63) is 18.5 Å². The molecule has 0 saturated heterocycles. The maximum atomic E-state index is 4.10. The van der Waals surface area contributed by atoms with Crippen LogP contribution in [0.15, 0.2) is 23.4 Å². The van der Waals surface area contributed by atoms with Gasteiger partial charge in [0.1, 0.15) is 0 Å². The van der Waals surface area contributed by atoms with Gasteiger partial charge in [-0.15, -0.1) is 0 Å². The summed E-state index contributed by atoms with van der Waals surface area (Å²) in [5.74, 6) is 0. The van der Waals surface area contributed by atoms with Crippen LogP contribution in [0.25, 0.3) is 0 Å². The number of hydrogen-bond donors (Lipinski definition) is 1. The monoisotopic (exact) mass is 195 g/mol. The Balaban J connectivity index is 2.33. The topological polar surface area (TPSA) is 28.2 Å². The van der Waals surface area contributed by atoms with Crippen LogP contribution in [0.5, 0.6) is 0 Å². The molecule has 1 atom stereocenters. The third-order valence-electron chi connectivity index (χ3n) is 2.30. The highest BCUT2D eigenvalue weighted by molar-refractivity contribution is 7.97. The van der Waals surface area contributed by atoms with Gasteiger partial charge in [-0.05, 0) is 24.4 Å². The minimum Gasteiger partial charge on any atom is -0.357 e. The van der Waals surface area contributed by atoms with E-state index in [1.54, 1.807) is 11.9 Å². The Morgan fingerprint density at radius 1 is 1.69 bits per heavy atom. The Morgan fingerprint density at radius 2 is 2.54 bits per heavy atom. The lowest BCUT2D eigenvalue weighted by Crippen LogP contribution is -2.42. The van der Waals surface area contributed by atoms with E-state index in [9.17, 15) is 0 Å². The Labute approximate surface area is 82.7 Å². The van der Waals surface area contributed by atoms with Crippen molar-refractivity contribution >= 4 is 17.6 Å². The molecule has 0 bridgehead atoms. The van der Waals surface area contributed by atoms with Gasteiger partial charge in [-0.1, -0.05) is 6.92 Å². The van der Waals surface area contributed by atoms with Crippen molar-refractivity contribution in [2.75, 3.05) is 11.9 Å². The molecule has 1 aromatic rings. The Bertz CT molecular complexity index is 303. The van der Waals surface area contributed by atoms with Gasteiger partial charge in [0.15, 0.2) is 0 Å². The van der Waals surface area contributed by atoms with Gasteiger partial charge in [0.05, 0.1) is 16.7 Å². The number of rotatable bonds is 1. The van der Waals surface area contributed by atoms with E-state index in [4.69, 9.17) is 0 Å². The molecular weight excluding hydrogens is 182 g/mol. The molecule has 0 fully saturated rings. The van der Waals surface area contributed by atoms with Crippen LogP contribution in [0, 0.1) is 0 Å². The summed E-state index contributed by atoms with van der Waals surface area (Å²) in [6.07, 6.45) is 5.27. The third kappa shape index (κ3) is 1.51. The van der Waals surface area contributed by atoms with Crippen LogP contribution in [0.4, 0.5) is 5.69 Å². The molecule has 70 valence electrons. The fraction of sp³-hybridized carbons (Fsp3) is 0.444. The maximum Gasteiger partial charge on any atom is 0.0883 e. The van der Waals surface area contributed by atoms with E-state index >= 15 is 0 Å². The Hall–Kier alpha value is -0.740. The molecule has 13 heavy (non-hydrogen) atoms. The number of pyridine rings is 1. The summed E-state index contributed by atoms with van der Waals surface area (Å²) in [6.45, 7) is 2.18. The fourth-order valence-electron chi connectivity index (χ4n) is 1.48. The number of fused-ring (bicyclic) bond motifs is 1. The lowest BCUT2D eigenvalue weighted by molar-refractivity contribution is 0.586. The van der Waals surface area contributed by atoms with Crippen molar-refractivity contribution in [1.29, 1.82) is 0 Å². The van der Waals surface area contributed by atoms with Gasteiger partial charge in [0.2, 0.25) is 0 Å². The lowest BCUT2D eigenvalue weighted by Gasteiger charge is -2.35. The van der Waals surface area contributed by atoms with E-state index in [1.165, 1.54) is 10.6 Å². The standard InChI is InChI=1S/C9H13N3S/c1-3-9-11-13-8-6-10-5-4-7(8)12(9)2/h4-6,9,11H,3H2,1-2H3. The first-order valence-corrected chi connectivity index (χ1v) is 5.23. The molecular formula is C9H13N3S. The molecule has 1 N–H and O–H groups in total. The molecule has 0 saturated carbocycles. The average Bonchev–Trinajstić information content (AvgIpc) is 2.19. The van der Waals surface area contributed by atoms with E-state index in [-0.39, 0.29) is 0 Å². The molecule has 2 rings (SSSR count). The first kappa shape index (κ1) is 8.84. The Kier molecular flexibility index (Phi) is 2.42. The summed E-state index contributed by atoms with van der Waals surface area (Å²) < 4.78 is 3.38. The molecule has 0 aromatic carbocycles. The molecule has 4 heteroatoms. The van der Waals surface area contributed by atoms with Crippen molar-refractivity contribution in [2.24, 2.45) is 0 Å². The molecule has 1 aromatic heterocycles. The second-order valence-electron chi connectivity index (χ2n) is 3.10. The van der Waals surface area contributed by atoms with Gasteiger partial charge in [-0.2, -0.15) is 0 Å². The molecule has 3 nitrogen and oxygen atoms in total. The highest BCUT2D eigenvalue weighted by Crippen LogP contribution is 2.32. The van der Waals surface area contributed by atoms with Crippen LogP contribution < -0.4 is 9.62 Å². The second-order valence-corrected chi connectivity index (χ2v) is 3.98. The molecule has 1 unspecified atom stereocenters. The summed E-state index contributed by atoms with van der Waals surface area (Å²) in [5.41, 5.74) is 1.27. The number of hydrogen-bond acceptors (Lipinski definition) is 4. The lowest BCUT2D eigenvalue weighted by atomic mass is 10.3. The van der Waals surface area contributed by atoms with Crippen LogP contribution in [0.1, 0.15) is 13.3 Å². The number of nitrogens with one attached hydrogen (secondary N) is 1. The average molecular weight is 195 g/mol. The van der Waals surface area contributed by atoms with Crippen molar-refractivity contribution < 1.29 is 0 Å². The highest BCUT2D eigenvalue weighted by Gasteiger charge is 2.21. The van der Waals surface area contributed by atoms with Gasteiger partial charge < -0.3 is 4.90 Å². The van der Waals surface area contributed by atoms with Crippen LogP contribution in [-0.2, 0) is 0 Å². The fourth-order valence-corrected chi connectivity index (χ4v) is 2.50. The van der Waals surface area contributed by atoms with E-state index < -0.39 is 0 Å². The molecule has 0 amide bonds. The second kappa shape index (κ2) is 3.55. The molecule has 0 aliphatic carbocycles. The van der Waals surface area contributed by atoms with Gasteiger partial charge >= 0.3 is 0 Å². The smallest absolute Gasteiger partial charge is 0.0883 e. The van der Waals surface area contributed by atoms with Crippen LogP contribution in [0.3, 0.4) is 0 Å². The largest absolute Gasteiger partial charge is 0.357 e. The normalized spacial score (nSPS) is 21.4. The van der Waals surface area contributed by atoms with Crippen LogP contribution >= 0.6 is 11.9 Å². The van der Waals surface area contributed by atoms with Crippen molar-refractivity contribution in [3.8, 4) is 0 Å². The Morgan fingerprint density at radius 3 is 3.31 bits per heavy atom. The predicted octanol–water partition coefficient (Wildman–Crippen LogP) is 1.86. The van der Waals surface area contributed by atoms with Crippen LogP contribution in [0.2, 0.25) is 0 Å². The first-order valence-electron chi connectivity index (χ1n) is 4.42. The summed E-state index contributed by atoms with van der Waals surface area (Å²) >= 11 is 1.67. The van der Waals surface area contributed by atoms with E-state index in [0.717, 1.165) is 6.42 Å². The summed E-state index contributed by atoms with van der Waals surface area (Å²) in [6, 6.07) is 2.06. The van der Waals surface area contributed by atoms with Gasteiger partial charge in [0, 0.05) is 19.4 Å². The third-order valence-corrected chi connectivity index (χ3v) is 3.23. The van der Waals surface area contributed by atoms with E-state index in [0.29, 0.717) is 6.17 Å². The number of aromatic nitrogens is 1. The van der Waals surface area contributed by atoms with Gasteiger partial charge in [-0.3, -0.25) is 4.98 Å². The zero-order valence-corrected chi connectivity index (χ0v) is 8.64. The molecule has 0 spiro atoms. The number of nitrogens with zero attached hydrogens (tertiary/aromatic N) is 2. The zero-order chi connectivity index (χ0) is 9.26. The number of anilines is 1. The molecule has 2 heterocycles. The van der Waals surface area contributed by atoms with Crippen molar-refractivity contribution in [2.45, 2.75) is 24.4 Å². The van der Waals surface area contributed by atoms with Crippen LogP contribution in [-0.4, -0.2) is 18.2 Å². The predicted molar refractivity (Wildman–Crippen MR) is 55.7 cm³/mol. The summed E-state index contributed by atoms with van der Waals surface area (Å²) in [4.78, 5) is 7.56. The minimum absolute atomic E-state index is 0.430. The van der Waals surface area contributed by atoms with E-state index in [1.807, 2.05) is 12.4 Å². The molecule has 0 radical (unpaired) electrons.